The molecule has 0 unspecified atom stereocenters. The minimum atomic E-state index is -3.47. The highest BCUT2D eigenvalue weighted by Crippen LogP contribution is 2.41. The van der Waals surface area contributed by atoms with Crippen LogP contribution in [0.5, 0.6) is 0 Å². The Bertz CT molecular complexity index is 650. The first-order chi connectivity index (χ1) is 9.23. The minimum Gasteiger partial charge on any atom is -0.312 e. The molecule has 0 fully saturated rings. The average molecular weight is 296 g/mol. The number of sulfonamides is 1. The Morgan fingerprint density at radius 3 is 2.55 bits per heavy atom. The zero-order chi connectivity index (χ0) is 15.1. The standard InChI is InChI=1S/C14H20N2O3S/c1-5-16-12-7-6-10(20(18,19)15-4)8-11(12)14(2,3)9-13(16)17/h6-8,15H,5,9H2,1-4H3. The number of carbonyl (C=O) groups excluding carboxylic acids is 1. The summed E-state index contributed by atoms with van der Waals surface area (Å²) in [7, 11) is -2.08. The third-order valence-electron chi connectivity index (χ3n) is 3.78. The Kier molecular flexibility index (Phi) is 3.64. The second-order valence-corrected chi connectivity index (χ2v) is 7.47. The fourth-order valence-electron chi connectivity index (χ4n) is 2.63. The Morgan fingerprint density at radius 2 is 2.00 bits per heavy atom. The molecule has 0 aliphatic carbocycles. The lowest BCUT2D eigenvalue weighted by Crippen LogP contribution is -2.42. The van der Waals surface area contributed by atoms with Crippen LogP contribution in [0.15, 0.2) is 23.1 Å². The van der Waals surface area contributed by atoms with E-state index in [1.54, 1.807) is 23.1 Å². The van der Waals surface area contributed by atoms with Crippen LogP contribution in [0.4, 0.5) is 5.69 Å². The number of hydrogen-bond donors (Lipinski definition) is 1. The molecule has 6 heteroatoms. The fraction of sp³-hybridized carbons (Fsp3) is 0.500. The van der Waals surface area contributed by atoms with E-state index in [1.165, 1.54) is 7.05 Å². The number of rotatable bonds is 3. The maximum Gasteiger partial charge on any atom is 0.240 e. The topological polar surface area (TPSA) is 66.5 Å². The van der Waals surface area contributed by atoms with Crippen molar-refractivity contribution in [1.82, 2.24) is 4.72 Å². The Morgan fingerprint density at radius 1 is 1.35 bits per heavy atom. The molecule has 0 saturated carbocycles. The SMILES string of the molecule is CCN1C(=O)CC(C)(C)c2cc(S(=O)(=O)NC)ccc21. The van der Waals surface area contributed by atoms with Crippen LogP contribution in [0.1, 0.15) is 32.8 Å². The van der Waals surface area contributed by atoms with Crippen molar-refractivity contribution >= 4 is 21.6 Å². The van der Waals surface area contributed by atoms with Crippen LogP contribution in [0, 0.1) is 0 Å². The molecule has 0 radical (unpaired) electrons. The smallest absolute Gasteiger partial charge is 0.240 e. The molecule has 110 valence electrons. The van der Waals surface area contributed by atoms with Crippen molar-refractivity contribution in [3.8, 4) is 0 Å². The van der Waals surface area contributed by atoms with Gasteiger partial charge in [-0.1, -0.05) is 13.8 Å². The first-order valence-electron chi connectivity index (χ1n) is 6.61. The highest BCUT2D eigenvalue weighted by molar-refractivity contribution is 7.89. The number of anilines is 1. The molecule has 0 aromatic heterocycles. The van der Waals surface area contributed by atoms with E-state index in [0.29, 0.717) is 13.0 Å². The van der Waals surface area contributed by atoms with E-state index < -0.39 is 10.0 Å². The average Bonchev–Trinajstić information content (AvgIpc) is 2.38. The second-order valence-electron chi connectivity index (χ2n) is 5.59. The van der Waals surface area contributed by atoms with E-state index in [1.807, 2.05) is 20.8 Å². The van der Waals surface area contributed by atoms with Crippen LogP contribution in [-0.2, 0) is 20.2 Å². The van der Waals surface area contributed by atoms with Crippen LogP contribution in [0.2, 0.25) is 0 Å². The second kappa shape index (κ2) is 4.86. The number of nitrogens with zero attached hydrogens (tertiary/aromatic N) is 1. The van der Waals surface area contributed by atoms with Crippen molar-refractivity contribution in [1.29, 1.82) is 0 Å². The predicted octanol–water partition coefficient (Wildman–Crippen LogP) is 1.63. The molecular formula is C14H20N2O3S. The Labute approximate surface area is 120 Å². The van der Waals surface area contributed by atoms with Crippen LogP contribution in [0.25, 0.3) is 0 Å². The van der Waals surface area contributed by atoms with Gasteiger partial charge in [0.1, 0.15) is 0 Å². The summed E-state index contributed by atoms with van der Waals surface area (Å²) in [6, 6.07) is 4.94. The molecule has 1 aromatic rings. The molecule has 1 heterocycles. The van der Waals surface area contributed by atoms with E-state index in [4.69, 9.17) is 0 Å². The molecule has 5 nitrogen and oxygen atoms in total. The number of nitrogens with one attached hydrogen (secondary N) is 1. The van der Waals surface area contributed by atoms with Gasteiger partial charge in [0.25, 0.3) is 0 Å². The first-order valence-corrected chi connectivity index (χ1v) is 8.09. The molecule has 0 spiro atoms. The van der Waals surface area contributed by atoms with Crippen molar-refractivity contribution in [2.24, 2.45) is 0 Å². The zero-order valence-corrected chi connectivity index (χ0v) is 13.0. The van der Waals surface area contributed by atoms with Gasteiger partial charge in [0.05, 0.1) is 4.90 Å². The summed E-state index contributed by atoms with van der Waals surface area (Å²) < 4.78 is 26.2. The van der Waals surface area contributed by atoms with Crippen LogP contribution in [-0.4, -0.2) is 27.9 Å². The van der Waals surface area contributed by atoms with E-state index >= 15 is 0 Å². The minimum absolute atomic E-state index is 0.0780. The van der Waals surface area contributed by atoms with Crippen molar-refractivity contribution in [2.75, 3.05) is 18.5 Å². The summed E-state index contributed by atoms with van der Waals surface area (Å²) in [6.07, 6.45) is 0.386. The van der Waals surface area contributed by atoms with Crippen LogP contribution >= 0.6 is 0 Å². The largest absolute Gasteiger partial charge is 0.312 e. The molecular weight excluding hydrogens is 276 g/mol. The summed E-state index contributed by atoms with van der Waals surface area (Å²) in [5.41, 5.74) is 1.34. The van der Waals surface area contributed by atoms with Crippen molar-refractivity contribution in [3.63, 3.8) is 0 Å². The van der Waals surface area contributed by atoms with Gasteiger partial charge >= 0.3 is 0 Å². The van der Waals surface area contributed by atoms with Crippen LogP contribution in [0.3, 0.4) is 0 Å². The summed E-state index contributed by atoms with van der Waals surface area (Å²) in [5, 5.41) is 0. The Balaban J connectivity index is 2.65. The fourth-order valence-corrected chi connectivity index (χ4v) is 3.38. The molecule has 1 aliphatic heterocycles. The lowest BCUT2D eigenvalue weighted by molar-refractivity contribution is -0.120. The highest BCUT2D eigenvalue weighted by atomic mass is 32.2. The molecule has 1 N–H and O–H groups in total. The van der Waals surface area contributed by atoms with E-state index in [2.05, 4.69) is 4.72 Å². The lowest BCUT2D eigenvalue weighted by atomic mass is 9.77. The summed E-state index contributed by atoms with van der Waals surface area (Å²) >= 11 is 0. The molecule has 1 amide bonds. The predicted molar refractivity (Wildman–Crippen MR) is 78.4 cm³/mol. The van der Waals surface area contributed by atoms with E-state index in [-0.39, 0.29) is 16.2 Å². The molecule has 0 saturated heterocycles. The molecule has 2 rings (SSSR count). The third kappa shape index (κ3) is 2.33. The number of amides is 1. The van der Waals surface area contributed by atoms with Gasteiger partial charge in [-0.2, -0.15) is 0 Å². The number of benzene rings is 1. The maximum atomic E-state index is 12.1. The normalized spacial score (nSPS) is 18.0. The van der Waals surface area contributed by atoms with Gasteiger partial charge in [0.15, 0.2) is 0 Å². The van der Waals surface area contributed by atoms with Gasteiger partial charge in [-0.25, -0.2) is 13.1 Å². The first kappa shape index (κ1) is 15.0. The lowest BCUT2D eigenvalue weighted by Gasteiger charge is -2.38. The van der Waals surface area contributed by atoms with Crippen LogP contribution < -0.4 is 9.62 Å². The van der Waals surface area contributed by atoms with Crippen molar-refractivity contribution in [2.45, 2.75) is 37.5 Å². The van der Waals surface area contributed by atoms with Crippen molar-refractivity contribution in [3.05, 3.63) is 23.8 Å². The summed E-state index contributed by atoms with van der Waals surface area (Å²) in [6.45, 7) is 6.43. The number of fused-ring (bicyclic) bond motifs is 1. The van der Waals surface area contributed by atoms with Gasteiger partial charge in [0, 0.05) is 24.1 Å². The van der Waals surface area contributed by atoms with Gasteiger partial charge < -0.3 is 4.90 Å². The van der Waals surface area contributed by atoms with Gasteiger partial charge in [-0.15, -0.1) is 0 Å². The van der Waals surface area contributed by atoms with E-state index in [0.717, 1.165) is 11.3 Å². The van der Waals surface area contributed by atoms with Crippen molar-refractivity contribution < 1.29 is 13.2 Å². The quantitative estimate of drug-likeness (QED) is 0.922. The molecule has 0 atom stereocenters. The summed E-state index contributed by atoms with van der Waals surface area (Å²) in [4.78, 5) is 14.1. The molecule has 1 aliphatic rings. The number of hydrogen-bond acceptors (Lipinski definition) is 3. The summed E-state index contributed by atoms with van der Waals surface area (Å²) in [5.74, 6) is 0.0780. The number of carbonyl (C=O) groups is 1. The maximum absolute atomic E-state index is 12.1. The highest BCUT2D eigenvalue weighted by Gasteiger charge is 2.36. The van der Waals surface area contributed by atoms with Gasteiger partial charge in [-0.3, -0.25) is 4.79 Å². The van der Waals surface area contributed by atoms with E-state index in [9.17, 15) is 13.2 Å². The molecule has 20 heavy (non-hydrogen) atoms. The molecule has 0 bridgehead atoms. The van der Waals surface area contributed by atoms with Gasteiger partial charge in [0.2, 0.25) is 15.9 Å². The molecule has 1 aromatic carbocycles. The zero-order valence-electron chi connectivity index (χ0n) is 12.2. The Hall–Kier alpha value is -1.40. The van der Waals surface area contributed by atoms with Gasteiger partial charge in [-0.05, 0) is 37.7 Å². The monoisotopic (exact) mass is 296 g/mol. The third-order valence-corrected chi connectivity index (χ3v) is 5.19.